The molecule has 0 aromatic heterocycles. The number of ketones is 1. The fraction of sp³-hybridized carbons (Fsp3) is 0.400. The van der Waals surface area contributed by atoms with Gasteiger partial charge in [0.1, 0.15) is 11.5 Å². The number of allylic oxidation sites excluding steroid dienone is 1. The van der Waals surface area contributed by atoms with E-state index in [1.165, 1.54) is 0 Å². The first-order valence-corrected chi connectivity index (χ1v) is 10.2. The van der Waals surface area contributed by atoms with E-state index >= 15 is 0 Å². The highest BCUT2D eigenvalue weighted by Gasteiger charge is 2.22. The summed E-state index contributed by atoms with van der Waals surface area (Å²) in [5.74, 6) is 1.09. The zero-order valence-electron chi connectivity index (χ0n) is 18.5. The third-order valence-electron chi connectivity index (χ3n) is 4.77. The summed E-state index contributed by atoms with van der Waals surface area (Å²) in [5, 5.41) is 13.9. The van der Waals surface area contributed by atoms with E-state index in [4.69, 9.17) is 4.74 Å². The zero-order valence-corrected chi connectivity index (χ0v) is 18.5. The predicted octanol–water partition coefficient (Wildman–Crippen LogP) is 6.36. The van der Waals surface area contributed by atoms with Crippen molar-refractivity contribution in [2.45, 2.75) is 59.5 Å². The van der Waals surface area contributed by atoms with Crippen molar-refractivity contribution >= 4 is 17.5 Å². The van der Waals surface area contributed by atoms with Gasteiger partial charge in [0.05, 0.1) is 6.10 Å². The molecule has 29 heavy (non-hydrogen) atoms. The Bertz CT molecular complexity index is 878. The lowest BCUT2D eigenvalue weighted by atomic mass is 9.90. The van der Waals surface area contributed by atoms with Crippen LogP contribution in [-0.4, -0.2) is 24.0 Å². The van der Waals surface area contributed by atoms with Gasteiger partial charge < -0.3 is 15.2 Å². The molecule has 0 unspecified atom stereocenters. The van der Waals surface area contributed by atoms with Gasteiger partial charge in [-0.05, 0) is 73.7 Å². The standard InChI is InChI=1S/C25H33NO3/c1-15(2)21-14-19(25(29-17(5)6)23(16(3)4)24(21)28)10-13-22(27)18-8-11-20(26-7)12-9-18/h8-17,26,28H,1-7H3. The summed E-state index contributed by atoms with van der Waals surface area (Å²) >= 11 is 0. The number of benzene rings is 2. The number of phenols is 1. The van der Waals surface area contributed by atoms with Crippen LogP contribution in [-0.2, 0) is 0 Å². The van der Waals surface area contributed by atoms with E-state index in [2.05, 4.69) is 5.32 Å². The molecular weight excluding hydrogens is 362 g/mol. The Kier molecular flexibility index (Phi) is 7.49. The summed E-state index contributed by atoms with van der Waals surface area (Å²) in [5.41, 5.74) is 4.04. The first-order valence-electron chi connectivity index (χ1n) is 10.2. The average molecular weight is 396 g/mol. The highest BCUT2D eigenvalue weighted by molar-refractivity contribution is 6.07. The molecule has 2 aromatic carbocycles. The second-order valence-electron chi connectivity index (χ2n) is 8.15. The van der Waals surface area contributed by atoms with Gasteiger partial charge >= 0.3 is 0 Å². The van der Waals surface area contributed by atoms with Crippen molar-refractivity contribution in [1.82, 2.24) is 0 Å². The number of ether oxygens (including phenoxy) is 1. The van der Waals surface area contributed by atoms with Gasteiger partial charge in [-0.2, -0.15) is 0 Å². The van der Waals surface area contributed by atoms with Crippen LogP contribution >= 0.6 is 0 Å². The third kappa shape index (κ3) is 5.41. The van der Waals surface area contributed by atoms with Crippen LogP contribution in [0.1, 0.15) is 80.4 Å². The lowest BCUT2D eigenvalue weighted by molar-refractivity contribution is 0.104. The van der Waals surface area contributed by atoms with Gasteiger partial charge in [0, 0.05) is 29.4 Å². The molecule has 0 spiro atoms. The lowest BCUT2D eigenvalue weighted by Crippen LogP contribution is -2.11. The summed E-state index contributed by atoms with van der Waals surface area (Å²) in [6, 6.07) is 9.29. The van der Waals surface area contributed by atoms with Crippen LogP contribution in [0.5, 0.6) is 11.5 Å². The minimum Gasteiger partial charge on any atom is -0.507 e. The molecule has 156 valence electrons. The Labute approximate surface area is 174 Å². The van der Waals surface area contributed by atoms with Crippen LogP contribution < -0.4 is 10.1 Å². The van der Waals surface area contributed by atoms with E-state index in [1.54, 1.807) is 24.3 Å². The van der Waals surface area contributed by atoms with Crippen molar-refractivity contribution in [3.8, 4) is 11.5 Å². The summed E-state index contributed by atoms with van der Waals surface area (Å²) < 4.78 is 6.09. The molecule has 4 heteroatoms. The van der Waals surface area contributed by atoms with Crippen molar-refractivity contribution < 1.29 is 14.6 Å². The number of rotatable bonds is 8. The molecule has 2 rings (SSSR count). The van der Waals surface area contributed by atoms with Crippen molar-refractivity contribution in [3.63, 3.8) is 0 Å². The first-order chi connectivity index (χ1) is 13.6. The molecule has 4 nitrogen and oxygen atoms in total. The minimum absolute atomic E-state index is 0.0475. The molecule has 0 aliphatic rings. The Morgan fingerprint density at radius 2 is 1.66 bits per heavy atom. The number of carbonyl (C=O) groups is 1. The minimum atomic E-state index is -0.0755. The van der Waals surface area contributed by atoms with Crippen molar-refractivity contribution in [1.29, 1.82) is 0 Å². The Morgan fingerprint density at radius 1 is 1.03 bits per heavy atom. The highest BCUT2D eigenvalue weighted by atomic mass is 16.5. The van der Waals surface area contributed by atoms with Crippen LogP contribution in [0.3, 0.4) is 0 Å². The molecule has 2 aromatic rings. The predicted molar refractivity (Wildman–Crippen MR) is 121 cm³/mol. The van der Waals surface area contributed by atoms with Gasteiger partial charge in [0.2, 0.25) is 0 Å². The number of carbonyl (C=O) groups excluding carboxylic acids is 1. The monoisotopic (exact) mass is 395 g/mol. The largest absolute Gasteiger partial charge is 0.507 e. The van der Waals surface area contributed by atoms with E-state index < -0.39 is 0 Å². The molecule has 0 saturated carbocycles. The molecule has 0 heterocycles. The van der Waals surface area contributed by atoms with Crippen LogP contribution in [0.2, 0.25) is 0 Å². The normalized spacial score (nSPS) is 11.7. The number of nitrogens with one attached hydrogen (secondary N) is 1. The number of hydrogen-bond donors (Lipinski definition) is 2. The molecule has 0 amide bonds. The Morgan fingerprint density at radius 3 is 2.14 bits per heavy atom. The zero-order chi connectivity index (χ0) is 21.7. The highest BCUT2D eigenvalue weighted by Crippen LogP contribution is 2.43. The molecule has 0 atom stereocenters. The smallest absolute Gasteiger partial charge is 0.185 e. The van der Waals surface area contributed by atoms with Crippen LogP contribution in [0.15, 0.2) is 36.4 Å². The molecule has 0 bridgehead atoms. The van der Waals surface area contributed by atoms with Crippen LogP contribution in [0.25, 0.3) is 6.08 Å². The number of phenolic OH excluding ortho intramolecular Hbond substituents is 1. The van der Waals surface area contributed by atoms with Gasteiger partial charge in [-0.1, -0.05) is 27.7 Å². The Hall–Kier alpha value is -2.75. The lowest BCUT2D eigenvalue weighted by Gasteiger charge is -2.23. The molecule has 0 fully saturated rings. The molecular formula is C25H33NO3. The quantitative estimate of drug-likeness (QED) is 0.403. The van der Waals surface area contributed by atoms with Gasteiger partial charge in [0.25, 0.3) is 0 Å². The molecule has 0 radical (unpaired) electrons. The summed E-state index contributed by atoms with van der Waals surface area (Å²) in [4.78, 5) is 12.7. The molecule has 0 saturated heterocycles. The molecule has 2 N–H and O–H groups in total. The van der Waals surface area contributed by atoms with Gasteiger partial charge in [0.15, 0.2) is 5.78 Å². The first kappa shape index (κ1) is 22.5. The van der Waals surface area contributed by atoms with E-state index in [9.17, 15) is 9.90 Å². The van der Waals surface area contributed by atoms with Crippen molar-refractivity contribution in [3.05, 3.63) is 58.7 Å². The van der Waals surface area contributed by atoms with Gasteiger partial charge in [-0.3, -0.25) is 4.79 Å². The van der Waals surface area contributed by atoms with E-state index in [0.717, 1.165) is 22.4 Å². The maximum atomic E-state index is 12.7. The summed E-state index contributed by atoms with van der Waals surface area (Å²) in [6.45, 7) is 12.1. The summed E-state index contributed by atoms with van der Waals surface area (Å²) in [6.07, 6.45) is 3.32. The molecule has 0 aliphatic heterocycles. The van der Waals surface area contributed by atoms with Gasteiger partial charge in [-0.15, -0.1) is 0 Å². The fourth-order valence-electron chi connectivity index (χ4n) is 3.25. The van der Waals surface area contributed by atoms with E-state index in [0.29, 0.717) is 11.3 Å². The number of aromatic hydroxyl groups is 1. The van der Waals surface area contributed by atoms with Crippen molar-refractivity contribution in [2.24, 2.45) is 0 Å². The maximum Gasteiger partial charge on any atom is 0.185 e. The Balaban J connectivity index is 2.53. The van der Waals surface area contributed by atoms with Gasteiger partial charge in [-0.25, -0.2) is 0 Å². The third-order valence-corrected chi connectivity index (χ3v) is 4.77. The average Bonchev–Trinajstić information content (AvgIpc) is 2.66. The van der Waals surface area contributed by atoms with Crippen LogP contribution in [0.4, 0.5) is 5.69 Å². The second-order valence-corrected chi connectivity index (χ2v) is 8.15. The number of anilines is 1. The van der Waals surface area contributed by atoms with E-state index in [1.807, 2.05) is 66.8 Å². The topological polar surface area (TPSA) is 58.6 Å². The summed E-state index contributed by atoms with van der Waals surface area (Å²) in [7, 11) is 1.84. The number of hydrogen-bond acceptors (Lipinski definition) is 4. The fourth-order valence-corrected chi connectivity index (χ4v) is 3.25. The van der Waals surface area contributed by atoms with Crippen molar-refractivity contribution in [2.75, 3.05) is 12.4 Å². The van der Waals surface area contributed by atoms with E-state index in [-0.39, 0.29) is 29.5 Å². The van der Waals surface area contributed by atoms with Crippen LogP contribution in [0, 0.1) is 0 Å². The molecule has 0 aliphatic carbocycles. The second kappa shape index (κ2) is 9.64. The SMILES string of the molecule is CNc1ccc(C(=O)C=Cc2cc(C(C)C)c(O)c(C(C)C)c2OC(C)C)cc1. The maximum absolute atomic E-state index is 12.7.